The number of hydrogen-bond acceptors (Lipinski definition) is 4. The smallest absolute Gasteiger partial charge is 0.185 e. The molecule has 4 heteroatoms. The predicted molar refractivity (Wildman–Crippen MR) is 159 cm³/mol. The van der Waals surface area contributed by atoms with E-state index in [9.17, 15) is 19.5 Å². The third-order valence-corrected chi connectivity index (χ3v) is 8.13. The molecule has 1 N–H and O–H groups in total. The number of ketones is 3. The molecule has 0 aromatic carbocycles. The van der Waals surface area contributed by atoms with E-state index in [1.54, 1.807) is 6.08 Å². The molecule has 4 nitrogen and oxygen atoms in total. The van der Waals surface area contributed by atoms with Crippen molar-refractivity contribution in [2.75, 3.05) is 0 Å². The Balaban J connectivity index is 4.01. The van der Waals surface area contributed by atoms with Gasteiger partial charge < -0.3 is 5.11 Å². The van der Waals surface area contributed by atoms with Crippen LogP contribution < -0.4 is 0 Å². The van der Waals surface area contributed by atoms with Crippen LogP contribution in [0.25, 0.3) is 0 Å². The molecule has 1 aliphatic rings. The second kappa shape index (κ2) is 14.4. The highest BCUT2D eigenvalue weighted by Gasteiger charge is 2.59. The molecule has 0 heterocycles. The van der Waals surface area contributed by atoms with Crippen molar-refractivity contribution in [3.63, 3.8) is 0 Å². The molecule has 1 rings (SSSR count). The lowest BCUT2D eigenvalue weighted by molar-refractivity contribution is -0.166. The van der Waals surface area contributed by atoms with E-state index >= 15 is 0 Å². The fraction of sp³-hybridized carbons (Fsp3) is 0.676. The molecule has 0 saturated heterocycles. The van der Waals surface area contributed by atoms with Crippen LogP contribution in [0.5, 0.6) is 0 Å². The molecule has 0 aromatic rings. The first-order valence-electron chi connectivity index (χ1n) is 14.4. The molecule has 0 amide bonds. The Morgan fingerprint density at radius 3 is 1.82 bits per heavy atom. The molecular formula is C34H54O4. The lowest BCUT2D eigenvalue weighted by Gasteiger charge is -2.48. The Bertz CT molecular complexity index is 976. The van der Waals surface area contributed by atoms with Crippen LogP contribution >= 0.6 is 0 Å². The van der Waals surface area contributed by atoms with Gasteiger partial charge in [-0.25, -0.2) is 0 Å². The van der Waals surface area contributed by atoms with Crippen LogP contribution in [0.2, 0.25) is 0 Å². The number of carbonyl (C=O) groups is 3. The maximum absolute atomic E-state index is 14.5. The fourth-order valence-electron chi connectivity index (χ4n) is 5.64. The van der Waals surface area contributed by atoms with Gasteiger partial charge >= 0.3 is 0 Å². The van der Waals surface area contributed by atoms with Crippen molar-refractivity contribution in [3.8, 4) is 0 Å². The standard InChI is InChI=1S/C34H54O4/c1-22(2)13-12-19-33(11)28(17-15-24(5)6)21-27(16-14-23(3)4)31(36)34(38,20-18-25(7)8)32(37)29(33)30(35)26(9)10/h13-15,18,26-29,38H,12,16-17,19-21H2,1-11H3/t27-,28-,29+,33+,34+/m0/s1. The van der Waals surface area contributed by atoms with Gasteiger partial charge in [0, 0.05) is 18.3 Å². The van der Waals surface area contributed by atoms with Crippen LogP contribution in [-0.2, 0) is 14.4 Å². The Morgan fingerprint density at radius 2 is 1.34 bits per heavy atom. The summed E-state index contributed by atoms with van der Waals surface area (Å²) in [5, 5.41) is 12.0. The van der Waals surface area contributed by atoms with E-state index in [0.29, 0.717) is 25.7 Å². The molecule has 5 atom stereocenters. The second-order valence-electron chi connectivity index (χ2n) is 13.1. The summed E-state index contributed by atoms with van der Waals surface area (Å²) in [5.74, 6) is -3.23. The zero-order valence-electron chi connectivity index (χ0n) is 26.0. The molecule has 0 unspecified atom stereocenters. The van der Waals surface area contributed by atoms with Crippen LogP contribution in [0.4, 0.5) is 0 Å². The van der Waals surface area contributed by atoms with Crippen LogP contribution in [0.3, 0.4) is 0 Å². The Kier molecular flexibility index (Phi) is 12.8. The summed E-state index contributed by atoms with van der Waals surface area (Å²) in [6, 6.07) is 0. The average Bonchev–Trinajstić information content (AvgIpc) is 2.80. The van der Waals surface area contributed by atoms with E-state index in [-0.39, 0.29) is 24.0 Å². The summed E-state index contributed by atoms with van der Waals surface area (Å²) in [6.07, 6.45) is 11.1. The molecule has 214 valence electrons. The van der Waals surface area contributed by atoms with Crippen molar-refractivity contribution < 1.29 is 19.5 Å². The number of rotatable bonds is 11. The summed E-state index contributed by atoms with van der Waals surface area (Å²) < 4.78 is 0. The summed E-state index contributed by atoms with van der Waals surface area (Å²) in [5.41, 5.74) is 1.45. The highest BCUT2D eigenvalue weighted by molar-refractivity contribution is 6.18. The lowest BCUT2D eigenvalue weighted by Crippen LogP contribution is -2.60. The topological polar surface area (TPSA) is 71.4 Å². The molecule has 0 radical (unpaired) electrons. The van der Waals surface area contributed by atoms with Crippen molar-refractivity contribution >= 4 is 17.3 Å². The number of carbonyl (C=O) groups excluding carboxylic acids is 3. The van der Waals surface area contributed by atoms with Gasteiger partial charge in [-0.3, -0.25) is 14.4 Å². The van der Waals surface area contributed by atoms with Crippen LogP contribution in [-0.4, -0.2) is 28.1 Å². The number of allylic oxidation sites excluding steroid dienone is 7. The van der Waals surface area contributed by atoms with Crippen LogP contribution in [0, 0.1) is 29.1 Å². The molecule has 38 heavy (non-hydrogen) atoms. The zero-order valence-corrected chi connectivity index (χ0v) is 26.0. The minimum Gasteiger partial charge on any atom is -0.374 e. The van der Waals surface area contributed by atoms with Gasteiger partial charge in [-0.15, -0.1) is 0 Å². The molecule has 0 bridgehead atoms. The summed E-state index contributed by atoms with van der Waals surface area (Å²) >= 11 is 0. The second-order valence-corrected chi connectivity index (χ2v) is 13.1. The predicted octanol–water partition coefficient (Wildman–Crippen LogP) is 8.15. The maximum Gasteiger partial charge on any atom is 0.185 e. The van der Waals surface area contributed by atoms with Gasteiger partial charge in [0.1, 0.15) is 5.78 Å². The van der Waals surface area contributed by atoms with Crippen molar-refractivity contribution in [1.29, 1.82) is 0 Å². The van der Waals surface area contributed by atoms with E-state index < -0.39 is 34.4 Å². The first kappa shape index (κ1) is 34.0. The van der Waals surface area contributed by atoms with Crippen molar-refractivity contribution in [3.05, 3.63) is 46.6 Å². The van der Waals surface area contributed by atoms with E-state index in [2.05, 4.69) is 46.8 Å². The zero-order chi connectivity index (χ0) is 29.4. The molecule has 0 spiro atoms. The number of hydrogen-bond donors (Lipinski definition) is 1. The fourth-order valence-corrected chi connectivity index (χ4v) is 5.64. The molecule has 1 fully saturated rings. The van der Waals surface area contributed by atoms with Gasteiger partial charge in [-0.1, -0.05) is 67.4 Å². The normalized spacial score (nSPS) is 27.8. The summed E-state index contributed by atoms with van der Waals surface area (Å²) in [7, 11) is 0. The van der Waals surface area contributed by atoms with Crippen LogP contribution in [0.1, 0.15) is 115 Å². The molecule has 0 aromatic heterocycles. The van der Waals surface area contributed by atoms with E-state index in [1.807, 2.05) is 47.6 Å². The van der Waals surface area contributed by atoms with E-state index in [4.69, 9.17) is 0 Å². The Labute approximate surface area is 232 Å². The molecular weight excluding hydrogens is 472 g/mol. The van der Waals surface area contributed by atoms with Crippen LogP contribution in [0.15, 0.2) is 46.6 Å². The van der Waals surface area contributed by atoms with Crippen molar-refractivity contribution in [2.24, 2.45) is 29.1 Å². The maximum atomic E-state index is 14.5. The minimum atomic E-state index is -2.22. The molecule has 1 aliphatic carbocycles. The van der Waals surface area contributed by atoms with E-state index in [0.717, 1.165) is 17.6 Å². The highest BCUT2D eigenvalue weighted by atomic mass is 16.3. The van der Waals surface area contributed by atoms with Gasteiger partial charge in [0.05, 0.1) is 5.92 Å². The first-order chi connectivity index (χ1) is 17.5. The van der Waals surface area contributed by atoms with Gasteiger partial charge in [0.15, 0.2) is 17.2 Å². The van der Waals surface area contributed by atoms with Gasteiger partial charge in [0.25, 0.3) is 0 Å². The van der Waals surface area contributed by atoms with E-state index in [1.165, 1.54) is 11.1 Å². The Hall–Kier alpha value is -2.07. The van der Waals surface area contributed by atoms with Crippen molar-refractivity contribution in [2.45, 2.75) is 120 Å². The number of aliphatic hydroxyl groups is 1. The average molecular weight is 527 g/mol. The van der Waals surface area contributed by atoms with Gasteiger partial charge in [0.2, 0.25) is 0 Å². The Morgan fingerprint density at radius 1 is 0.842 bits per heavy atom. The SMILES string of the molecule is CC(C)=CCC[C@]1(C)[C@@H](CC=C(C)C)C[C@H](CC=C(C)C)C(=O)[C@](O)(CC=C(C)C)C(=O)[C@H]1C(=O)C(C)C. The van der Waals surface area contributed by atoms with Gasteiger partial charge in [-0.05, 0) is 98.8 Å². The third kappa shape index (κ3) is 8.73. The third-order valence-electron chi connectivity index (χ3n) is 8.13. The minimum absolute atomic E-state index is 0.0628. The summed E-state index contributed by atoms with van der Waals surface area (Å²) in [6.45, 7) is 21.7. The van der Waals surface area contributed by atoms with Crippen molar-refractivity contribution in [1.82, 2.24) is 0 Å². The first-order valence-corrected chi connectivity index (χ1v) is 14.4. The quantitative estimate of drug-likeness (QED) is 0.218. The lowest BCUT2D eigenvalue weighted by atomic mass is 9.54. The highest BCUT2D eigenvalue weighted by Crippen LogP contribution is 2.51. The molecule has 1 saturated carbocycles. The largest absolute Gasteiger partial charge is 0.374 e. The monoisotopic (exact) mass is 526 g/mol. The number of Topliss-reactive ketones (excluding diaryl/α,β-unsaturated/α-hetero) is 3. The molecule has 0 aliphatic heterocycles. The van der Waals surface area contributed by atoms with Gasteiger partial charge in [-0.2, -0.15) is 0 Å². The summed E-state index contributed by atoms with van der Waals surface area (Å²) in [4.78, 5) is 42.5.